The molecule has 4 saturated carbocycles. The second-order valence-corrected chi connectivity index (χ2v) is 31.9. The summed E-state index contributed by atoms with van der Waals surface area (Å²) in [5.74, 6) is -14.2. The molecule has 108 heavy (non-hydrogen) atoms. The molecule has 2 saturated heterocycles. The van der Waals surface area contributed by atoms with Gasteiger partial charge >= 0.3 is 12.4 Å². The molecule has 26 nitrogen and oxygen atoms in total. The Morgan fingerprint density at radius 3 is 1.80 bits per heavy atom. The molecule has 13 atom stereocenters. The highest BCUT2D eigenvalue weighted by atomic mass is 19.4. The number of carbonyl (C=O) groups excluding carboxylic acids is 12. The maximum atomic E-state index is 15.6. The van der Waals surface area contributed by atoms with E-state index >= 15 is 28.8 Å². The van der Waals surface area contributed by atoms with E-state index < -0.39 is 204 Å². The van der Waals surface area contributed by atoms with Crippen LogP contribution in [0.3, 0.4) is 0 Å². The van der Waals surface area contributed by atoms with Gasteiger partial charge in [0.05, 0.1) is 43.6 Å². The van der Waals surface area contributed by atoms with Crippen LogP contribution in [0.25, 0.3) is 0 Å². The number of nitrogens with one attached hydrogen (secondary N) is 3. The van der Waals surface area contributed by atoms with E-state index in [-0.39, 0.29) is 128 Å². The Morgan fingerprint density at radius 1 is 0.630 bits per heavy atom. The fourth-order valence-corrected chi connectivity index (χ4v) is 16.9. The number of likely N-dealkylation sites (N-methyl/N-ethyl adjacent to an activating group) is 7. The summed E-state index contributed by atoms with van der Waals surface area (Å²) in [5, 5.41) is 8.66. The number of carbonyl (C=O) groups is 12. The summed E-state index contributed by atoms with van der Waals surface area (Å²) in [6, 6.07) is -10.9. The molecule has 610 valence electrons. The highest BCUT2D eigenvalue weighted by Gasteiger charge is 2.55. The molecule has 12 amide bonds. The second kappa shape index (κ2) is 38.2. The molecular weight excluding hydrogens is 1420 g/mol. The molecule has 0 radical (unpaired) electrons. The maximum Gasteiger partial charge on any atom is 0.394 e. The normalized spacial score (nSPS) is 31.1. The van der Waals surface area contributed by atoms with E-state index in [1.54, 1.807) is 32.9 Å². The van der Waals surface area contributed by atoms with Crippen molar-refractivity contribution in [2.45, 2.75) is 261 Å². The topological polar surface area (TPSA) is 289 Å². The Balaban J connectivity index is 1.32. The number of rotatable bonds is 16. The molecule has 1 spiro atoms. The maximum absolute atomic E-state index is 15.6. The highest BCUT2D eigenvalue weighted by Crippen LogP contribution is 2.45. The van der Waals surface area contributed by atoms with Crippen LogP contribution in [0.1, 0.15) is 182 Å². The summed E-state index contributed by atoms with van der Waals surface area (Å²) < 4.78 is 96.8. The molecular formula is C76H120F6N12O14. The zero-order valence-electron chi connectivity index (χ0n) is 65.8. The van der Waals surface area contributed by atoms with Crippen molar-refractivity contribution in [3.63, 3.8) is 0 Å². The molecule has 7 rings (SSSR count). The number of hydrogen-bond donors (Lipinski definition) is 3. The minimum absolute atomic E-state index is 0.0169. The van der Waals surface area contributed by atoms with E-state index in [0.29, 0.717) is 25.7 Å². The number of fused-ring (bicyclic) bond motifs is 3. The standard InChI is InChI=1S/C76H120F6N12O14/c1-15-45(5)63-71(104)88(9)44-62(97)89(10)54-23-20-19-21-36-93(70(54)103)58(38-47-26-30-50(31-27-47)75(77,78)79)69(102)87(8)43-60(95)83-53(33-29-48-28-32-52(76(80,81)82)59(39-48)107-14)67(100)94-42-51(108-18-4)40-56(94)66(99)85-74(34-22-35-74)73(106)92(13)64(49(16-2)17-3)72(105)91(12)57(68(101)86(6)7)41-61(96)90(11)55(65(98)84-63)37-46-24-25-46/h19-20,45-59,63-64H,15-18,21-44H2,1-14H3,(H,83,95)(H,84,98)(H,85,99)/b20-19-/t45-,47?,48?,50?,51+,52?,53-,54-,55-,56-,57-,58-,59?,63-,64-/m0/s1. The quantitative estimate of drug-likeness (QED) is 0.117. The van der Waals surface area contributed by atoms with Gasteiger partial charge in [-0.05, 0) is 139 Å². The van der Waals surface area contributed by atoms with Crippen molar-refractivity contribution in [3.05, 3.63) is 12.2 Å². The summed E-state index contributed by atoms with van der Waals surface area (Å²) >= 11 is 0. The Labute approximate surface area is 632 Å². The number of alkyl halides is 6. The zero-order valence-corrected chi connectivity index (χ0v) is 65.8. The van der Waals surface area contributed by atoms with Gasteiger partial charge in [-0.2, -0.15) is 26.3 Å². The summed E-state index contributed by atoms with van der Waals surface area (Å²) in [4.78, 5) is 192. The lowest BCUT2D eigenvalue weighted by molar-refractivity contribution is -0.215. The second-order valence-electron chi connectivity index (χ2n) is 31.9. The molecule has 3 unspecified atom stereocenters. The third-order valence-electron chi connectivity index (χ3n) is 24.5. The van der Waals surface area contributed by atoms with Crippen molar-refractivity contribution >= 4 is 70.9 Å². The summed E-state index contributed by atoms with van der Waals surface area (Å²) in [5.41, 5.74) is -1.65. The van der Waals surface area contributed by atoms with Crippen LogP contribution in [0.2, 0.25) is 0 Å². The fraction of sp³-hybridized carbons (Fsp3) is 0.816. The predicted octanol–water partition coefficient (Wildman–Crippen LogP) is 6.08. The smallest absolute Gasteiger partial charge is 0.381 e. The first-order chi connectivity index (χ1) is 50.8. The van der Waals surface area contributed by atoms with Gasteiger partial charge in [-0.15, -0.1) is 0 Å². The van der Waals surface area contributed by atoms with Crippen LogP contribution in [-0.2, 0) is 67.0 Å². The molecule has 0 aromatic heterocycles. The largest absolute Gasteiger partial charge is 0.394 e. The lowest BCUT2D eigenvalue weighted by Crippen LogP contribution is -2.68. The average molecular weight is 1540 g/mol. The van der Waals surface area contributed by atoms with Crippen molar-refractivity contribution in [1.82, 2.24) is 60.0 Å². The number of hydrogen-bond acceptors (Lipinski definition) is 14. The van der Waals surface area contributed by atoms with Crippen LogP contribution >= 0.6 is 0 Å². The van der Waals surface area contributed by atoms with Crippen LogP contribution in [0.15, 0.2) is 12.2 Å². The van der Waals surface area contributed by atoms with E-state index in [0.717, 1.165) is 32.4 Å². The third kappa shape index (κ3) is 21.5. The van der Waals surface area contributed by atoms with Gasteiger partial charge in [0.2, 0.25) is 70.9 Å². The first-order valence-corrected chi connectivity index (χ1v) is 39.0. The first kappa shape index (κ1) is 88.1. The minimum atomic E-state index is -4.56. The fourth-order valence-electron chi connectivity index (χ4n) is 16.9. The van der Waals surface area contributed by atoms with Crippen molar-refractivity contribution < 1.29 is 93.4 Å². The number of ether oxygens (including phenoxy) is 2. The van der Waals surface area contributed by atoms with Gasteiger partial charge < -0.3 is 69.5 Å². The van der Waals surface area contributed by atoms with Crippen molar-refractivity contribution in [3.8, 4) is 0 Å². The number of nitrogens with zero attached hydrogens (tertiary/aromatic N) is 9. The van der Waals surface area contributed by atoms with Crippen LogP contribution in [0, 0.1) is 41.4 Å². The number of methoxy groups -OCH3 is 1. The van der Waals surface area contributed by atoms with Gasteiger partial charge in [-0.3, -0.25) is 57.5 Å². The van der Waals surface area contributed by atoms with Crippen LogP contribution < -0.4 is 16.0 Å². The predicted molar refractivity (Wildman–Crippen MR) is 387 cm³/mol. The van der Waals surface area contributed by atoms with E-state index in [9.17, 15) is 55.1 Å². The minimum Gasteiger partial charge on any atom is -0.381 e. The first-order valence-electron chi connectivity index (χ1n) is 39.0. The van der Waals surface area contributed by atoms with E-state index in [4.69, 9.17) is 9.47 Å². The summed E-state index contributed by atoms with van der Waals surface area (Å²) in [6.45, 7) is 7.35. The van der Waals surface area contributed by atoms with E-state index in [1.165, 1.54) is 88.0 Å². The molecule has 7 aliphatic rings. The van der Waals surface area contributed by atoms with Crippen LogP contribution in [-0.4, -0.2) is 290 Å². The third-order valence-corrected chi connectivity index (χ3v) is 24.5. The average Bonchev–Trinajstić information content (AvgIpc) is 1.00. The molecule has 4 aliphatic carbocycles. The van der Waals surface area contributed by atoms with Gasteiger partial charge in [-0.25, -0.2) is 0 Å². The molecule has 3 heterocycles. The molecule has 6 fully saturated rings. The Bertz CT molecular complexity index is 3210. The number of halogens is 6. The SMILES string of the molecule is CCO[C@@H]1C[C@H]2C(=O)NC3(CCC3)C(=O)N(C)[C@@H](C(CC)CC)C(=O)N(C)[C@H](C(=O)N(C)C)CC(=O)N(C)[C@@H](CC3CC3)C(=O)N[C@@H]([C@@H](C)CC)C(=O)N(C)CC(=O)N(C)[C@H]3C/C=C\CCN(C3=O)[C@@H](CC3CCC(C(F)(F)F)CC3)C(=O)N(C)CC(=O)N[C@@H](CCC3CCC(C(F)(F)F)C(OC)C3)C(=O)N2C1. The Morgan fingerprint density at radius 2 is 1.24 bits per heavy atom. The zero-order chi connectivity index (χ0) is 80.2. The van der Waals surface area contributed by atoms with E-state index in [1.807, 2.05) is 13.8 Å². The van der Waals surface area contributed by atoms with Crippen molar-refractivity contribution in [1.29, 1.82) is 0 Å². The van der Waals surface area contributed by atoms with Gasteiger partial charge in [0.15, 0.2) is 0 Å². The van der Waals surface area contributed by atoms with Crippen LogP contribution in [0.5, 0.6) is 0 Å². The molecule has 32 heteroatoms. The highest BCUT2D eigenvalue weighted by molar-refractivity contribution is 6.01. The Kier molecular flexibility index (Phi) is 31.2. The van der Waals surface area contributed by atoms with Crippen molar-refractivity contribution in [2.24, 2.45) is 41.4 Å². The number of amides is 12. The molecule has 0 aromatic rings. The van der Waals surface area contributed by atoms with Gasteiger partial charge in [0, 0.05) is 89.6 Å². The summed E-state index contributed by atoms with van der Waals surface area (Å²) in [7, 11) is 12.3. The monoisotopic (exact) mass is 1540 g/mol. The van der Waals surface area contributed by atoms with Crippen molar-refractivity contribution in [2.75, 3.05) is 96.3 Å². The lowest BCUT2D eigenvalue weighted by Gasteiger charge is -2.47. The molecule has 0 aromatic carbocycles. The van der Waals surface area contributed by atoms with Gasteiger partial charge in [0.1, 0.15) is 53.9 Å². The van der Waals surface area contributed by atoms with Gasteiger partial charge in [0.25, 0.3) is 0 Å². The molecule has 3 aliphatic heterocycles. The Hall–Kier alpha value is -7.12. The molecule has 2 bridgehead atoms. The van der Waals surface area contributed by atoms with E-state index in [2.05, 4.69) is 16.0 Å². The molecule has 3 N–H and O–H groups in total. The summed E-state index contributed by atoms with van der Waals surface area (Å²) in [6.07, 6.45) is -5.71. The lowest BCUT2D eigenvalue weighted by atomic mass is 9.74. The van der Waals surface area contributed by atoms with Crippen LogP contribution in [0.4, 0.5) is 26.3 Å². The van der Waals surface area contributed by atoms with Gasteiger partial charge in [-0.1, -0.05) is 72.0 Å².